The van der Waals surface area contributed by atoms with Crippen molar-refractivity contribution in [2.45, 2.75) is 18.9 Å². The Hall–Kier alpha value is -1.81. The average molecular weight is 274 g/mol. The maximum atomic E-state index is 11.9. The molecule has 1 aliphatic heterocycles. The second kappa shape index (κ2) is 7.10. The van der Waals surface area contributed by atoms with Crippen molar-refractivity contribution in [3.8, 4) is 5.75 Å². The van der Waals surface area contributed by atoms with Crippen LogP contribution in [0.15, 0.2) is 30.3 Å². The van der Waals surface area contributed by atoms with E-state index in [4.69, 9.17) is 4.74 Å². The van der Waals surface area contributed by atoms with Crippen molar-refractivity contribution >= 4 is 12.0 Å². The summed E-state index contributed by atoms with van der Waals surface area (Å²) in [6, 6.07) is 7.94. The lowest BCUT2D eigenvalue weighted by Crippen LogP contribution is -2.42. The van der Waals surface area contributed by atoms with Crippen molar-refractivity contribution in [2.24, 2.45) is 0 Å². The van der Waals surface area contributed by atoms with Gasteiger partial charge in [0, 0.05) is 17.7 Å². The molecule has 0 saturated carbocycles. The van der Waals surface area contributed by atoms with Gasteiger partial charge in [-0.05, 0) is 45.1 Å². The van der Waals surface area contributed by atoms with Crippen LogP contribution >= 0.6 is 0 Å². The summed E-state index contributed by atoms with van der Waals surface area (Å²) in [5, 5.41) is 3.05. The molecule has 1 amide bonds. The van der Waals surface area contributed by atoms with E-state index >= 15 is 0 Å². The summed E-state index contributed by atoms with van der Waals surface area (Å²) >= 11 is 0. The van der Waals surface area contributed by atoms with Crippen LogP contribution in [0.3, 0.4) is 0 Å². The summed E-state index contributed by atoms with van der Waals surface area (Å²) in [4.78, 5) is 14.2. The highest BCUT2D eigenvalue weighted by Gasteiger charge is 2.17. The van der Waals surface area contributed by atoms with E-state index in [2.05, 4.69) is 17.3 Å². The van der Waals surface area contributed by atoms with Crippen LogP contribution in [0, 0.1) is 0 Å². The highest BCUT2D eigenvalue weighted by Crippen LogP contribution is 2.18. The van der Waals surface area contributed by atoms with E-state index < -0.39 is 0 Å². The van der Waals surface area contributed by atoms with E-state index in [9.17, 15) is 4.79 Å². The lowest BCUT2D eigenvalue weighted by Gasteiger charge is -2.29. The zero-order chi connectivity index (χ0) is 14.4. The first-order chi connectivity index (χ1) is 9.69. The fraction of sp³-hybridized carbons (Fsp3) is 0.438. The third-order valence-corrected chi connectivity index (χ3v) is 3.62. The second-order valence-corrected chi connectivity index (χ2v) is 5.16. The Morgan fingerprint density at radius 1 is 1.35 bits per heavy atom. The molecule has 1 fully saturated rings. The van der Waals surface area contributed by atoms with E-state index in [0.29, 0.717) is 6.04 Å². The van der Waals surface area contributed by atoms with Gasteiger partial charge in [-0.3, -0.25) is 4.79 Å². The number of hydrogen-bond donors (Lipinski definition) is 1. The van der Waals surface area contributed by atoms with E-state index in [1.165, 1.54) is 0 Å². The van der Waals surface area contributed by atoms with Gasteiger partial charge < -0.3 is 15.0 Å². The first kappa shape index (κ1) is 14.6. The molecule has 108 valence electrons. The highest BCUT2D eigenvalue weighted by atomic mass is 16.5. The average Bonchev–Trinajstić information content (AvgIpc) is 2.48. The molecule has 0 bridgehead atoms. The molecule has 1 aromatic rings. The number of para-hydroxylation sites is 1. The number of methoxy groups -OCH3 is 1. The fourth-order valence-electron chi connectivity index (χ4n) is 2.37. The van der Waals surface area contributed by atoms with Crippen LogP contribution in [0.25, 0.3) is 6.08 Å². The molecule has 4 heteroatoms. The number of benzene rings is 1. The third-order valence-electron chi connectivity index (χ3n) is 3.62. The molecule has 0 radical (unpaired) electrons. The van der Waals surface area contributed by atoms with Gasteiger partial charge in [0.05, 0.1) is 7.11 Å². The summed E-state index contributed by atoms with van der Waals surface area (Å²) in [6.45, 7) is 2.09. The fourth-order valence-corrected chi connectivity index (χ4v) is 2.37. The molecule has 1 heterocycles. The summed E-state index contributed by atoms with van der Waals surface area (Å²) < 4.78 is 5.25. The Kier molecular flexibility index (Phi) is 5.18. The van der Waals surface area contributed by atoms with Gasteiger partial charge in [0.15, 0.2) is 0 Å². The number of ether oxygens (including phenoxy) is 1. The van der Waals surface area contributed by atoms with Crippen LogP contribution in [0.5, 0.6) is 5.75 Å². The molecule has 1 N–H and O–H groups in total. The Morgan fingerprint density at radius 3 is 2.75 bits per heavy atom. The number of hydrogen-bond acceptors (Lipinski definition) is 3. The molecular formula is C16H22N2O2. The van der Waals surface area contributed by atoms with Crippen LogP contribution in [0.2, 0.25) is 0 Å². The van der Waals surface area contributed by atoms with E-state index in [0.717, 1.165) is 37.2 Å². The molecule has 2 rings (SSSR count). The number of carbonyl (C=O) groups excluding carboxylic acids is 1. The van der Waals surface area contributed by atoms with Gasteiger partial charge >= 0.3 is 0 Å². The number of nitrogens with one attached hydrogen (secondary N) is 1. The van der Waals surface area contributed by atoms with E-state index in [1.54, 1.807) is 19.3 Å². The monoisotopic (exact) mass is 274 g/mol. The van der Waals surface area contributed by atoms with Crippen molar-refractivity contribution < 1.29 is 9.53 Å². The van der Waals surface area contributed by atoms with Gasteiger partial charge in [-0.25, -0.2) is 0 Å². The number of amides is 1. The Balaban J connectivity index is 1.89. The molecule has 20 heavy (non-hydrogen) atoms. The molecule has 1 aromatic carbocycles. The molecule has 0 spiro atoms. The lowest BCUT2D eigenvalue weighted by molar-refractivity contribution is -0.117. The van der Waals surface area contributed by atoms with Gasteiger partial charge in [-0.15, -0.1) is 0 Å². The highest BCUT2D eigenvalue weighted by molar-refractivity contribution is 5.92. The summed E-state index contributed by atoms with van der Waals surface area (Å²) in [5.41, 5.74) is 0.911. The van der Waals surface area contributed by atoms with Crippen molar-refractivity contribution in [3.05, 3.63) is 35.9 Å². The van der Waals surface area contributed by atoms with Crippen molar-refractivity contribution in [1.82, 2.24) is 10.2 Å². The van der Waals surface area contributed by atoms with Gasteiger partial charge in [0.1, 0.15) is 5.75 Å². The molecule has 4 nitrogen and oxygen atoms in total. The quantitative estimate of drug-likeness (QED) is 0.853. The first-order valence-electron chi connectivity index (χ1n) is 6.99. The molecule has 0 aromatic heterocycles. The van der Waals surface area contributed by atoms with Crippen LogP contribution in [0.4, 0.5) is 0 Å². The van der Waals surface area contributed by atoms with Crippen molar-refractivity contribution in [1.29, 1.82) is 0 Å². The van der Waals surface area contributed by atoms with E-state index in [1.807, 2.05) is 24.3 Å². The summed E-state index contributed by atoms with van der Waals surface area (Å²) in [5.74, 6) is 0.737. The molecule has 1 aliphatic rings. The van der Waals surface area contributed by atoms with E-state index in [-0.39, 0.29) is 5.91 Å². The summed E-state index contributed by atoms with van der Waals surface area (Å²) in [7, 11) is 3.74. The number of piperidine rings is 1. The van der Waals surface area contributed by atoms with Crippen molar-refractivity contribution in [3.63, 3.8) is 0 Å². The molecular weight excluding hydrogens is 252 g/mol. The van der Waals surface area contributed by atoms with Gasteiger partial charge in [0.25, 0.3) is 0 Å². The molecule has 0 atom stereocenters. The third kappa shape index (κ3) is 4.10. The Bertz CT molecular complexity index is 477. The number of carbonyl (C=O) groups is 1. The first-order valence-corrected chi connectivity index (χ1v) is 6.99. The number of rotatable bonds is 4. The number of nitrogens with zero attached hydrogens (tertiary/aromatic N) is 1. The van der Waals surface area contributed by atoms with Gasteiger partial charge in [-0.2, -0.15) is 0 Å². The minimum atomic E-state index is -0.0366. The number of likely N-dealkylation sites (tertiary alicyclic amines) is 1. The normalized spacial score (nSPS) is 17.3. The minimum Gasteiger partial charge on any atom is -0.496 e. The maximum absolute atomic E-state index is 11.9. The standard InChI is InChI=1S/C16H22N2O2/c1-18-11-9-14(10-12-18)17-16(19)8-7-13-5-3-4-6-15(13)20-2/h3-8,14H,9-12H2,1-2H3,(H,17,19). The predicted molar refractivity (Wildman–Crippen MR) is 80.7 cm³/mol. The van der Waals surface area contributed by atoms with Crippen LogP contribution < -0.4 is 10.1 Å². The summed E-state index contributed by atoms with van der Waals surface area (Å²) in [6.07, 6.45) is 5.41. The minimum absolute atomic E-state index is 0.0366. The zero-order valence-corrected chi connectivity index (χ0v) is 12.1. The van der Waals surface area contributed by atoms with Gasteiger partial charge in [-0.1, -0.05) is 18.2 Å². The van der Waals surface area contributed by atoms with Crippen LogP contribution in [0.1, 0.15) is 18.4 Å². The van der Waals surface area contributed by atoms with Gasteiger partial charge in [0.2, 0.25) is 5.91 Å². The topological polar surface area (TPSA) is 41.6 Å². The molecule has 0 unspecified atom stereocenters. The Labute approximate surface area is 120 Å². The maximum Gasteiger partial charge on any atom is 0.244 e. The Morgan fingerprint density at radius 2 is 2.05 bits per heavy atom. The molecule has 0 aliphatic carbocycles. The van der Waals surface area contributed by atoms with Crippen LogP contribution in [-0.4, -0.2) is 44.1 Å². The SMILES string of the molecule is COc1ccccc1C=CC(=O)NC1CCN(C)CC1. The van der Waals surface area contributed by atoms with Crippen LogP contribution in [-0.2, 0) is 4.79 Å². The largest absolute Gasteiger partial charge is 0.496 e. The predicted octanol–water partition coefficient (Wildman–Crippen LogP) is 1.92. The zero-order valence-electron chi connectivity index (χ0n) is 12.1. The second-order valence-electron chi connectivity index (χ2n) is 5.16. The smallest absolute Gasteiger partial charge is 0.244 e. The molecule has 1 saturated heterocycles. The van der Waals surface area contributed by atoms with Crippen molar-refractivity contribution in [2.75, 3.05) is 27.2 Å². The lowest BCUT2D eigenvalue weighted by atomic mass is 10.1.